The summed E-state index contributed by atoms with van der Waals surface area (Å²) in [6.07, 6.45) is 9.70. The van der Waals surface area contributed by atoms with E-state index in [1.807, 2.05) is 6.20 Å². The summed E-state index contributed by atoms with van der Waals surface area (Å²) < 4.78 is 13.7. The highest BCUT2D eigenvalue weighted by atomic mass is 19.1. The molecule has 0 aromatic carbocycles. The Labute approximate surface area is 139 Å². The highest BCUT2D eigenvalue weighted by Gasteiger charge is 2.28. The van der Waals surface area contributed by atoms with E-state index in [0.717, 1.165) is 23.6 Å². The lowest BCUT2D eigenvalue weighted by Gasteiger charge is -2.33. The minimum absolute atomic E-state index is 0.000744. The van der Waals surface area contributed by atoms with Crippen LogP contribution < -0.4 is 0 Å². The van der Waals surface area contributed by atoms with Gasteiger partial charge in [-0.2, -0.15) is 0 Å². The van der Waals surface area contributed by atoms with Crippen LogP contribution in [0.4, 0.5) is 4.39 Å². The van der Waals surface area contributed by atoms with Crippen LogP contribution >= 0.6 is 0 Å². The van der Waals surface area contributed by atoms with E-state index in [9.17, 15) is 4.39 Å². The summed E-state index contributed by atoms with van der Waals surface area (Å²) >= 11 is 0. The average Bonchev–Trinajstić information content (AvgIpc) is 2.60. The molecule has 1 nitrogen and oxygen atoms in total. The zero-order valence-electron chi connectivity index (χ0n) is 14.2. The summed E-state index contributed by atoms with van der Waals surface area (Å²) in [6, 6.07) is 2.11. The van der Waals surface area contributed by atoms with Crippen molar-refractivity contribution < 1.29 is 4.39 Å². The van der Waals surface area contributed by atoms with Gasteiger partial charge in [0.2, 0.25) is 0 Å². The largest absolute Gasteiger partial charge is 0.261 e. The lowest BCUT2D eigenvalue weighted by Crippen LogP contribution is -2.21. The quantitative estimate of drug-likeness (QED) is 0.626. The van der Waals surface area contributed by atoms with Gasteiger partial charge in [0.1, 0.15) is 5.83 Å². The van der Waals surface area contributed by atoms with Crippen LogP contribution in [0.5, 0.6) is 0 Å². The molecule has 2 aliphatic rings. The van der Waals surface area contributed by atoms with Crippen LogP contribution in [0.1, 0.15) is 68.7 Å². The summed E-state index contributed by atoms with van der Waals surface area (Å²) in [5.41, 5.74) is 7.79. The Hall–Kier alpha value is -1.66. The second-order valence-electron chi connectivity index (χ2n) is 7.11. The fourth-order valence-electron chi connectivity index (χ4n) is 4.17. The first-order chi connectivity index (χ1) is 11.1. The molecule has 0 amide bonds. The molecule has 1 heterocycles. The van der Waals surface area contributed by atoms with Crippen LogP contribution in [0, 0.1) is 11.8 Å². The van der Waals surface area contributed by atoms with Gasteiger partial charge in [-0.3, -0.25) is 4.98 Å². The van der Waals surface area contributed by atoms with Gasteiger partial charge < -0.3 is 0 Å². The SMILES string of the molecule is C=C=C(C)C(C)C1CCC(c2ccnc3c2C=C(F)CC3)CC1. The number of nitrogens with zero attached hydrogens (tertiary/aromatic N) is 1. The summed E-state index contributed by atoms with van der Waals surface area (Å²) in [5, 5.41) is 0. The molecule has 1 unspecified atom stereocenters. The Balaban J connectivity index is 1.76. The molecule has 0 saturated heterocycles. The molecule has 0 spiro atoms. The van der Waals surface area contributed by atoms with Gasteiger partial charge in [-0.25, -0.2) is 4.39 Å². The van der Waals surface area contributed by atoms with E-state index >= 15 is 0 Å². The van der Waals surface area contributed by atoms with Crippen molar-refractivity contribution in [1.29, 1.82) is 0 Å². The van der Waals surface area contributed by atoms with Crippen LogP contribution in [0.25, 0.3) is 6.08 Å². The predicted molar refractivity (Wildman–Crippen MR) is 93.8 cm³/mol. The molecule has 3 rings (SSSR count). The molecule has 0 N–H and O–H groups in total. The van der Waals surface area contributed by atoms with Crippen molar-refractivity contribution in [2.24, 2.45) is 11.8 Å². The topological polar surface area (TPSA) is 12.9 Å². The van der Waals surface area contributed by atoms with E-state index < -0.39 is 0 Å². The van der Waals surface area contributed by atoms with Crippen LogP contribution in [0.3, 0.4) is 0 Å². The first-order valence-corrected chi connectivity index (χ1v) is 8.80. The lowest BCUT2D eigenvalue weighted by molar-refractivity contribution is 0.269. The monoisotopic (exact) mass is 311 g/mol. The van der Waals surface area contributed by atoms with Crippen molar-refractivity contribution >= 4 is 6.08 Å². The van der Waals surface area contributed by atoms with E-state index in [2.05, 4.69) is 37.2 Å². The Morgan fingerprint density at radius 1 is 1.30 bits per heavy atom. The second-order valence-corrected chi connectivity index (χ2v) is 7.11. The fraction of sp³-hybridized carbons (Fsp3) is 0.524. The maximum atomic E-state index is 13.7. The first kappa shape index (κ1) is 16.2. The number of pyridine rings is 1. The summed E-state index contributed by atoms with van der Waals surface area (Å²) in [4.78, 5) is 4.46. The minimum Gasteiger partial charge on any atom is -0.261 e. The van der Waals surface area contributed by atoms with E-state index in [1.165, 1.54) is 36.8 Å². The molecule has 1 saturated carbocycles. The summed E-state index contributed by atoms with van der Waals surface area (Å²) in [5.74, 6) is 1.84. The number of aryl methyl sites for hydroxylation is 1. The molecule has 0 aliphatic heterocycles. The Bertz CT molecular complexity index is 658. The maximum Gasteiger partial charge on any atom is 0.101 e. The van der Waals surface area contributed by atoms with Crippen molar-refractivity contribution in [3.63, 3.8) is 0 Å². The zero-order valence-corrected chi connectivity index (χ0v) is 14.2. The molecule has 1 aromatic rings. The average molecular weight is 311 g/mol. The third kappa shape index (κ3) is 3.33. The number of fused-ring (bicyclic) bond motifs is 1. The zero-order chi connectivity index (χ0) is 16.4. The van der Waals surface area contributed by atoms with E-state index in [1.54, 1.807) is 6.08 Å². The third-order valence-corrected chi connectivity index (χ3v) is 5.89. The molecule has 0 bridgehead atoms. The normalized spacial score (nSPS) is 25.1. The molecule has 122 valence electrons. The van der Waals surface area contributed by atoms with Crippen LogP contribution in [-0.2, 0) is 6.42 Å². The number of halogens is 1. The molecule has 1 atom stereocenters. The maximum absolute atomic E-state index is 13.7. The lowest BCUT2D eigenvalue weighted by atomic mass is 9.72. The van der Waals surface area contributed by atoms with Crippen LogP contribution in [0.2, 0.25) is 0 Å². The van der Waals surface area contributed by atoms with Crippen LogP contribution in [0.15, 0.2) is 36.0 Å². The van der Waals surface area contributed by atoms with Gasteiger partial charge in [0, 0.05) is 23.9 Å². The molecule has 0 radical (unpaired) electrons. The second kappa shape index (κ2) is 6.84. The molecule has 2 aliphatic carbocycles. The van der Waals surface area contributed by atoms with Crippen molar-refractivity contribution in [2.45, 2.75) is 58.3 Å². The number of aromatic nitrogens is 1. The highest BCUT2D eigenvalue weighted by molar-refractivity contribution is 5.60. The fourth-order valence-corrected chi connectivity index (χ4v) is 4.17. The van der Waals surface area contributed by atoms with Gasteiger partial charge >= 0.3 is 0 Å². The van der Waals surface area contributed by atoms with E-state index in [0.29, 0.717) is 18.3 Å². The van der Waals surface area contributed by atoms with E-state index in [4.69, 9.17) is 0 Å². The number of allylic oxidation sites excluding steroid dienone is 2. The Kier molecular flexibility index (Phi) is 4.82. The molecule has 1 aromatic heterocycles. The highest BCUT2D eigenvalue weighted by Crippen LogP contribution is 2.42. The van der Waals surface area contributed by atoms with Gasteiger partial charge in [-0.05, 0) is 80.1 Å². The summed E-state index contributed by atoms with van der Waals surface area (Å²) in [6.45, 7) is 8.22. The summed E-state index contributed by atoms with van der Waals surface area (Å²) in [7, 11) is 0. The van der Waals surface area contributed by atoms with E-state index in [-0.39, 0.29) is 5.83 Å². The van der Waals surface area contributed by atoms with Gasteiger partial charge in [-0.15, -0.1) is 5.73 Å². The van der Waals surface area contributed by atoms with Crippen molar-refractivity contribution in [2.75, 3.05) is 0 Å². The van der Waals surface area contributed by atoms with Gasteiger partial charge in [0.25, 0.3) is 0 Å². The number of rotatable bonds is 3. The van der Waals surface area contributed by atoms with Crippen molar-refractivity contribution in [1.82, 2.24) is 4.98 Å². The molecular weight excluding hydrogens is 285 g/mol. The minimum atomic E-state index is 0.000744. The van der Waals surface area contributed by atoms with Crippen LogP contribution in [-0.4, -0.2) is 4.98 Å². The number of hydrogen-bond acceptors (Lipinski definition) is 1. The van der Waals surface area contributed by atoms with Crippen molar-refractivity contribution in [3.05, 3.63) is 52.8 Å². The third-order valence-electron chi connectivity index (χ3n) is 5.89. The Morgan fingerprint density at radius 3 is 2.74 bits per heavy atom. The standard InChI is InChI=1S/C21H26FN/c1-4-14(2)15(3)16-5-7-17(8-6-16)19-11-12-23-21-10-9-18(22)13-20(19)21/h11-13,15-17H,1,5-10H2,2-3H3. The number of hydrogen-bond donors (Lipinski definition) is 0. The predicted octanol–water partition coefficient (Wildman–Crippen LogP) is 5.98. The Morgan fingerprint density at radius 2 is 2.04 bits per heavy atom. The molecule has 2 heteroatoms. The smallest absolute Gasteiger partial charge is 0.101 e. The van der Waals surface area contributed by atoms with Crippen molar-refractivity contribution in [3.8, 4) is 0 Å². The molecular formula is C21H26FN. The van der Waals surface area contributed by atoms with Gasteiger partial charge in [0.15, 0.2) is 0 Å². The first-order valence-electron chi connectivity index (χ1n) is 8.80. The molecule has 23 heavy (non-hydrogen) atoms. The van der Waals surface area contributed by atoms with Gasteiger partial charge in [0.05, 0.1) is 0 Å². The molecule has 1 fully saturated rings. The van der Waals surface area contributed by atoms with Gasteiger partial charge in [-0.1, -0.05) is 13.5 Å².